The minimum absolute atomic E-state index is 0. The Hall–Kier alpha value is -1.13. The van der Waals surface area contributed by atoms with Gasteiger partial charge in [0.1, 0.15) is 5.82 Å². The van der Waals surface area contributed by atoms with Crippen molar-refractivity contribution >= 4 is 18.3 Å². The van der Waals surface area contributed by atoms with Crippen LogP contribution in [0.5, 0.6) is 0 Å². The molecule has 0 saturated heterocycles. The molecule has 1 atom stereocenters. The normalized spacial score (nSPS) is 11.5. The minimum atomic E-state index is -0.304. The van der Waals surface area contributed by atoms with E-state index in [2.05, 4.69) is 0 Å². The number of nitrogens with two attached hydrogens (primary N) is 1. The number of nitrogens with zero attached hydrogens (tertiary/aromatic N) is 1. The molecule has 0 aromatic heterocycles. The van der Waals surface area contributed by atoms with Crippen LogP contribution in [0.2, 0.25) is 0 Å². The van der Waals surface area contributed by atoms with Gasteiger partial charge in [-0.15, -0.1) is 12.4 Å². The van der Waals surface area contributed by atoms with Crippen molar-refractivity contribution in [1.29, 1.82) is 0 Å². The third-order valence-electron chi connectivity index (χ3n) is 2.50. The summed E-state index contributed by atoms with van der Waals surface area (Å²) in [6.45, 7) is 1.71. The second-order valence-corrected chi connectivity index (χ2v) is 3.41. The lowest BCUT2D eigenvalue weighted by Gasteiger charge is -2.25. The lowest BCUT2D eigenvalue weighted by atomic mass is 10.1. The standard InChI is InChI=1S/C11H15FN2O.ClH/c1-8(14(2)11(15)7-13)9-5-3-4-6-10(9)12;/h3-6,8H,7,13H2,1-2H3;1H. The molecule has 1 rings (SSSR count). The van der Waals surface area contributed by atoms with E-state index in [-0.39, 0.29) is 36.7 Å². The first-order valence-corrected chi connectivity index (χ1v) is 4.78. The van der Waals surface area contributed by atoms with Crippen LogP contribution < -0.4 is 5.73 Å². The fourth-order valence-electron chi connectivity index (χ4n) is 1.38. The first kappa shape index (κ1) is 14.9. The molecule has 0 bridgehead atoms. The average Bonchev–Trinajstić information content (AvgIpc) is 2.26. The molecule has 1 amide bonds. The Morgan fingerprint density at radius 3 is 2.56 bits per heavy atom. The highest BCUT2D eigenvalue weighted by atomic mass is 35.5. The van der Waals surface area contributed by atoms with Crippen LogP contribution >= 0.6 is 12.4 Å². The van der Waals surface area contributed by atoms with Crippen LogP contribution in [0.3, 0.4) is 0 Å². The number of halogens is 2. The van der Waals surface area contributed by atoms with E-state index in [1.165, 1.54) is 11.0 Å². The number of carbonyl (C=O) groups excluding carboxylic acids is 1. The van der Waals surface area contributed by atoms with E-state index in [9.17, 15) is 9.18 Å². The average molecular weight is 247 g/mol. The van der Waals surface area contributed by atoms with E-state index >= 15 is 0 Å². The third kappa shape index (κ3) is 3.18. The van der Waals surface area contributed by atoms with Crippen molar-refractivity contribution < 1.29 is 9.18 Å². The van der Waals surface area contributed by atoms with Gasteiger partial charge in [-0.05, 0) is 13.0 Å². The molecule has 90 valence electrons. The highest BCUT2D eigenvalue weighted by Gasteiger charge is 2.18. The van der Waals surface area contributed by atoms with Crippen molar-refractivity contribution in [3.63, 3.8) is 0 Å². The van der Waals surface area contributed by atoms with Crippen LogP contribution in [0.1, 0.15) is 18.5 Å². The Labute approximate surface area is 101 Å². The van der Waals surface area contributed by atoms with Crippen molar-refractivity contribution in [2.45, 2.75) is 13.0 Å². The Morgan fingerprint density at radius 2 is 2.06 bits per heavy atom. The number of hydrogen-bond acceptors (Lipinski definition) is 2. The molecule has 0 saturated carbocycles. The van der Waals surface area contributed by atoms with E-state index in [0.29, 0.717) is 5.56 Å². The lowest BCUT2D eigenvalue weighted by molar-refractivity contribution is -0.130. The van der Waals surface area contributed by atoms with Crippen molar-refractivity contribution in [1.82, 2.24) is 4.90 Å². The minimum Gasteiger partial charge on any atom is -0.338 e. The summed E-state index contributed by atoms with van der Waals surface area (Å²) in [4.78, 5) is 12.8. The molecule has 1 aromatic carbocycles. The van der Waals surface area contributed by atoms with Gasteiger partial charge in [-0.25, -0.2) is 4.39 Å². The molecule has 0 aliphatic heterocycles. The predicted octanol–water partition coefficient (Wildman–Crippen LogP) is 1.73. The second-order valence-electron chi connectivity index (χ2n) is 3.41. The highest BCUT2D eigenvalue weighted by Crippen LogP contribution is 2.21. The van der Waals surface area contributed by atoms with Crippen LogP contribution in [0.25, 0.3) is 0 Å². The second kappa shape index (κ2) is 6.45. The molecule has 0 aliphatic rings. The van der Waals surface area contributed by atoms with Crippen LogP contribution in [0, 0.1) is 5.82 Å². The van der Waals surface area contributed by atoms with Crippen LogP contribution in [-0.4, -0.2) is 24.4 Å². The smallest absolute Gasteiger partial charge is 0.236 e. The molecule has 5 heteroatoms. The van der Waals surface area contributed by atoms with Crippen LogP contribution in [0.15, 0.2) is 24.3 Å². The van der Waals surface area contributed by atoms with Crippen molar-refractivity contribution in [2.75, 3.05) is 13.6 Å². The molecule has 0 radical (unpaired) electrons. The number of hydrogen-bond donors (Lipinski definition) is 1. The molecule has 1 unspecified atom stereocenters. The van der Waals surface area contributed by atoms with Gasteiger partial charge < -0.3 is 10.6 Å². The highest BCUT2D eigenvalue weighted by molar-refractivity contribution is 5.85. The van der Waals surface area contributed by atoms with Gasteiger partial charge in [0.2, 0.25) is 5.91 Å². The van der Waals surface area contributed by atoms with Gasteiger partial charge in [0.05, 0.1) is 12.6 Å². The summed E-state index contributed by atoms with van der Waals surface area (Å²) in [5.74, 6) is -0.507. The fourth-order valence-corrected chi connectivity index (χ4v) is 1.38. The topological polar surface area (TPSA) is 46.3 Å². The summed E-state index contributed by atoms with van der Waals surface area (Å²) in [6.07, 6.45) is 0. The summed E-state index contributed by atoms with van der Waals surface area (Å²) in [5.41, 5.74) is 5.74. The van der Waals surface area contributed by atoms with Gasteiger partial charge in [0.15, 0.2) is 0 Å². The largest absolute Gasteiger partial charge is 0.338 e. The zero-order valence-corrected chi connectivity index (χ0v) is 10.1. The summed E-state index contributed by atoms with van der Waals surface area (Å²) in [6, 6.07) is 6.11. The monoisotopic (exact) mass is 246 g/mol. The fraction of sp³-hybridized carbons (Fsp3) is 0.364. The predicted molar refractivity (Wildman–Crippen MR) is 63.9 cm³/mol. The Morgan fingerprint density at radius 1 is 1.50 bits per heavy atom. The maximum Gasteiger partial charge on any atom is 0.236 e. The van der Waals surface area contributed by atoms with Gasteiger partial charge in [-0.2, -0.15) is 0 Å². The Balaban J connectivity index is 0.00000225. The van der Waals surface area contributed by atoms with E-state index in [1.54, 1.807) is 32.2 Å². The first-order chi connectivity index (χ1) is 7.07. The SMILES string of the molecule is CC(c1ccccc1F)N(C)C(=O)CN.Cl. The molecule has 16 heavy (non-hydrogen) atoms. The van der Waals surface area contributed by atoms with E-state index in [0.717, 1.165) is 0 Å². The van der Waals surface area contributed by atoms with Gasteiger partial charge in [-0.1, -0.05) is 18.2 Å². The Bertz CT molecular complexity index is 360. The molecule has 3 nitrogen and oxygen atoms in total. The molecule has 0 heterocycles. The molecular formula is C11H16ClFN2O. The number of carbonyl (C=O) groups is 1. The van der Waals surface area contributed by atoms with Crippen molar-refractivity contribution in [3.05, 3.63) is 35.6 Å². The van der Waals surface area contributed by atoms with Crippen molar-refractivity contribution in [2.24, 2.45) is 5.73 Å². The number of amides is 1. The Kier molecular flexibility index (Phi) is 6.00. The summed E-state index contributed by atoms with van der Waals surface area (Å²) in [5, 5.41) is 0. The summed E-state index contributed by atoms with van der Waals surface area (Å²) in [7, 11) is 1.62. The zero-order valence-electron chi connectivity index (χ0n) is 9.31. The molecule has 0 spiro atoms. The molecule has 0 fully saturated rings. The molecular weight excluding hydrogens is 231 g/mol. The van der Waals surface area contributed by atoms with E-state index < -0.39 is 0 Å². The summed E-state index contributed by atoms with van der Waals surface area (Å²) >= 11 is 0. The van der Waals surface area contributed by atoms with Gasteiger partial charge in [0, 0.05) is 12.6 Å². The van der Waals surface area contributed by atoms with E-state index in [1.807, 2.05) is 0 Å². The number of rotatable bonds is 3. The zero-order chi connectivity index (χ0) is 11.4. The van der Waals surface area contributed by atoms with Crippen molar-refractivity contribution in [3.8, 4) is 0 Å². The van der Waals surface area contributed by atoms with Crippen LogP contribution in [0.4, 0.5) is 4.39 Å². The van der Waals surface area contributed by atoms with Gasteiger partial charge in [0.25, 0.3) is 0 Å². The van der Waals surface area contributed by atoms with Gasteiger partial charge in [-0.3, -0.25) is 4.79 Å². The quantitative estimate of drug-likeness (QED) is 0.883. The van der Waals surface area contributed by atoms with E-state index in [4.69, 9.17) is 5.73 Å². The number of benzene rings is 1. The maximum atomic E-state index is 13.4. The molecule has 2 N–H and O–H groups in total. The molecule has 1 aromatic rings. The lowest BCUT2D eigenvalue weighted by Crippen LogP contribution is -2.34. The maximum absolute atomic E-state index is 13.4. The van der Waals surface area contributed by atoms with Crippen LogP contribution in [-0.2, 0) is 4.79 Å². The third-order valence-corrected chi connectivity index (χ3v) is 2.50. The molecule has 0 aliphatic carbocycles. The first-order valence-electron chi connectivity index (χ1n) is 4.78. The number of likely N-dealkylation sites (N-methyl/N-ethyl adjacent to an activating group) is 1. The summed E-state index contributed by atoms with van der Waals surface area (Å²) < 4.78 is 13.4. The van der Waals surface area contributed by atoms with Gasteiger partial charge >= 0.3 is 0 Å².